The Labute approximate surface area is 217 Å². The highest BCUT2D eigenvalue weighted by molar-refractivity contribution is 6.00. The summed E-state index contributed by atoms with van der Waals surface area (Å²) in [7, 11) is 3.19. The Hall–Kier alpha value is -3.96. The summed E-state index contributed by atoms with van der Waals surface area (Å²) < 4.78 is 22.6. The number of hydrogen-bond acceptors (Lipinski definition) is 8. The number of nitrogens with zero attached hydrogens (tertiary/aromatic N) is 1. The second-order valence-corrected chi connectivity index (χ2v) is 9.56. The number of carbonyl (C=O) groups is 1. The van der Waals surface area contributed by atoms with Crippen molar-refractivity contribution in [1.29, 1.82) is 5.26 Å². The first kappa shape index (κ1) is 27.6. The average Bonchev–Trinajstić information content (AvgIpc) is 2.86. The predicted octanol–water partition coefficient (Wildman–Crippen LogP) is 4.73. The summed E-state index contributed by atoms with van der Waals surface area (Å²) in [4.78, 5) is 13.2. The summed E-state index contributed by atoms with van der Waals surface area (Å²) in [5, 5.41) is 17.5. The Kier molecular flexibility index (Phi) is 8.85. The van der Waals surface area contributed by atoms with E-state index in [0.29, 0.717) is 41.4 Å². The molecule has 0 aromatic heterocycles. The van der Waals surface area contributed by atoms with Gasteiger partial charge in [-0.05, 0) is 42.2 Å². The molecule has 2 aliphatic rings. The van der Waals surface area contributed by atoms with E-state index < -0.39 is 5.92 Å². The Morgan fingerprint density at radius 1 is 1.14 bits per heavy atom. The molecule has 196 valence electrons. The van der Waals surface area contributed by atoms with Gasteiger partial charge in [-0.25, -0.2) is 0 Å². The molecular weight excluding hydrogens is 472 g/mol. The average molecular weight is 507 g/mol. The first-order valence-corrected chi connectivity index (χ1v) is 12.1. The minimum Gasteiger partial charge on any atom is -0.497 e. The summed E-state index contributed by atoms with van der Waals surface area (Å²) >= 11 is 0. The Bertz CT molecular complexity index is 1260. The van der Waals surface area contributed by atoms with Crippen molar-refractivity contribution < 1.29 is 28.8 Å². The number of carbonyl (C=O) groups excluding carboxylic acids is 1. The zero-order valence-corrected chi connectivity index (χ0v) is 22.0. The molecule has 3 N–H and O–H groups in total. The number of rotatable bonds is 6. The predicted molar refractivity (Wildman–Crippen MR) is 139 cm³/mol. The molecule has 8 heteroatoms. The highest BCUT2D eigenvalue weighted by Crippen LogP contribution is 2.48. The smallest absolute Gasteiger partial charge is 0.205 e. The number of methoxy groups -OCH3 is 2. The molecule has 2 aromatic carbocycles. The van der Waals surface area contributed by atoms with E-state index in [2.05, 4.69) is 6.07 Å². The zero-order chi connectivity index (χ0) is 27.2. The van der Waals surface area contributed by atoms with E-state index in [1.807, 2.05) is 50.2 Å². The molecule has 1 unspecified atom stereocenters. The topological polar surface area (TPSA) is 124 Å². The van der Waals surface area contributed by atoms with Crippen molar-refractivity contribution in [3.63, 3.8) is 0 Å². The van der Waals surface area contributed by atoms with E-state index in [4.69, 9.17) is 29.8 Å². The van der Waals surface area contributed by atoms with Crippen LogP contribution in [-0.4, -0.2) is 31.7 Å². The fraction of sp³-hybridized carbons (Fsp3) is 0.379. The maximum absolute atomic E-state index is 13.2. The molecule has 0 spiro atoms. The highest BCUT2D eigenvalue weighted by Gasteiger charge is 2.43. The van der Waals surface area contributed by atoms with Crippen molar-refractivity contribution in [3.8, 4) is 23.3 Å². The molecular formula is C29H34N2O6. The van der Waals surface area contributed by atoms with Crippen molar-refractivity contribution in [3.05, 3.63) is 76.4 Å². The molecule has 1 atom stereocenters. The molecule has 8 nitrogen and oxygen atoms in total. The Morgan fingerprint density at radius 2 is 1.84 bits per heavy atom. The molecule has 0 bridgehead atoms. The first-order chi connectivity index (χ1) is 17.7. The van der Waals surface area contributed by atoms with Crippen LogP contribution in [0, 0.1) is 16.7 Å². The van der Waals surface area contributed by atoms with E-state index >= 15 is 0 Å². The molecule has 2 aromatic rings. The van der Waals surface area contributed by atoms with Gasteiger partial charge in [-0.1, -0.05) is 26.0 Å². The number of aliphatic hydroxyl groups excluding tert-OH is 1. The third-order valence-electron chi connectivity index (χ3n) is 6.15. The minimum absolute atomic E-state index is 0.0264. The van der Waals surface area contributed by atoms with Gasteiger partial charge in [-0.3, -0.25) is 4.79 Å². The number of ether oxygens (including phenoxy) is 4. The van der Waals surface area contributed by atoms with Gasteiger partial charge in [-0.2, -0.15) is 5.26 Å². The van der Waals surface area contributed by atoms with Gasteiger partial charge in [-0.15, -0.1) is 0 Å². The second-order valence-electron chi connectivity index (χ2n) is 9.56. The second kappa shape index (κ2) is 11.8. The largest absolute Gasteiger partial charge is 0.497 e. The van der Waals surface area contributed by atoms with Crippen molar-refractivity contribution in [2.24, 2.45) is 11.1 Å². The fourth-order valence-corrected chi connectivity index (χ4v) is 4.56. The van der Waals surface area contributed by atoms with Gasteiger partial charge in [0.1, 0.15) is 41.3 Å². The lowest BCUT2D eigenvalue weighted by Gasteiger charge is -2.37. The number of ketones is 1. The van der Waals surface area contributed by atoms with Crippen LogP contribution >= 0.6 is 0 Å². The van der Waals surface area contributed by atoms with Crippen LogP contribution in [0.2, 0.25) is 0 Å². The Morgan fingerprint density at radius 3 is 2.49 bits per heavy atom. The van der Waals surface area contributed by atoms with Crippen molar-refractivity contribution in [2.75, 3.05) is 20.8 Å². The molecule has 0 saturated heterocycles. The maximum Gasteiger partial charge on any atom is 0.205 e. The molecule has 1 heterocycles. The number of benzene rings is 2. The van der Waals surface area contributed by atoms with Crippen LogP contribution in [0.1, 0.15) is 50.7 Å². The number of nitriles is 1. The summed E-state index contributed by atoms with van der Waals surface area (Å²) in [6, 6.07) is 15.1. The van der Waals surface area contributed by atoms with Gasteiger partial charge in [0.15, 0.2) is 5.78 Å². The number of hydrogen-bond donors (Lipinski definition) is 2. The Balaban J connectivity index is 0.00000121. The number of Topliss-reactive ketones (excluding diaryl/α,β-unsaturated/α-hetero) is 1. The minimum atomic E-state index is -0.598. The summed E-state index contributed by atoms with van der Waals surface area (Å²) in [5.41, 5.74) is 8.18. The van der Waals surface area contributed by atoms with Crippen molar-refractivity contribution in [1.82, 2.24) is 0 Å². The third kappa shape index (κ3) is 6.25. The van der Waals surface area contributed by atoms with Crippen molar-refractivity contribution >= 4 is 5.78 Å². The first-order valence-electron chi connectivity index (χ1n) is 12.1. The molecule has 0 radical (unpaired) electrons. The van der Waals surface area contributed by atoms with Gasteiger partial charge in [0, 0.05) is 36.7 Å². The summed E-state index contributed by atoms with van der Waals surface area (Å²) in [6.07, 6.45) is 0.957. The van der Waals surface area contributed by atoms with Crippen LogP contribution in [0.25, 0.3) is 0 Å². The van der Waals surface area contributed by atoms with E-state index in [9.17, 15) is 10.1 Å². The van der Waals surface area contributed by atoms with Gasteiger partial charge in [0.25, 0.3) is 0 Å². The lowest BCUT2D eigenvalue weighted by atomic mass is 9.70. The van der Waals surface area contributed by atoms with Crippen LogP contribution in [-0.2, 0) is 16.1 Å². The standard InChI is InChI=1S/C27H28N2O5.C2H6O/c1-27(2)12-21(30)25-23(13-27)34-26(29)20(14-28)24(25)16-8-9-22(32-4)17(10-16)15-33-19-7-5-6-18(11-19)31-3;1-2-3/h5-11,24H,12-13,15,29H2,1-4H3;3H,2H2,1H3. The number of aliphatic hydroxyl groups is 1. The SMILES string of the molecule is CCO.COc1cccc(OCc2cc(C3C(C#N)=C(N)OC4=C3C(=O)CC(C)(C)C4)ccc2OC)c1. The number of nitrogens with two attached hydrogens (primary N) is 1. The van der Waals surface area contributed by atoms with E-state index in [1.54, 1.807) is 27.2 Å². The molecule has 0 fully saturated rings. The maximum atomic E-state index is 13.2. The van der Waals surface area contributed by atoms with E-state index in [0.717, 1.165) is 11.1 Å². The van der Waals surface area contributed by atoms with Crippen LogP contribution in [0.15, 0.2) is 65.3 Å². The normalized spacial score (nSPS) is 18.1. The number of allylic oxidation sites excluding steroid dienone is 3. The molecule has 1 aliphatic heterocycles. The van der Waals surface area contributed by atoms with Gasteiger partial charge in [0.2, 0.25) is 5.88 Å². The quantitative estimate of drug-likeness (QED) is 0.576. The van der Waals surface area contributed by atoms with Crippen LogP contribution in [0.4, 0.5) is 0 Å². The van der Waals surface area contributed by atoms with Gasteiger partial charge < -0.3 is 29.8 Å². The van der Waals surface area contributed by atoms with Crippen LogP contribution in [0.5, 0.6) is 17.2 Å². The molecule has 37 heavy (non-hydrogen) atoms. The summed E-state index contributed by atoms with van der Waals surface area (Å²) in [5.74, 6) is 1.95. The summed E-state index contributed by atoms with van der Waals surface area (Å²) in [6.45, 7) is 6.20. The molecule has 0 amide bonds. The van der Waals surface area contributed by atoms with Crippen LogP contribution < -0.4 is 19.9 Å². The fourth-order valence-electron chi connectivity index (χ4n) is 4.56. The van der Waals surface area contributed by atoms with E-state index in [1.165, 1.54) is 0 Å². The lowest BCUT2D eigenvalue weighted by molar-refractivity contribution is -0.119. The highest BCUT2D eigenvalue weighted by atomic mass is 16.5. The molecule has 1 aliphatic carbocycles. The third-order valence-corrected chi connectivity index (χ3v) is 6.15. The molecule has 0 saturated carbocycles. The van der Waals surface area contributed by atoms with E-state index in [-0.39, 0.29) is 35.9 Å². The van der Waals surface area contributed by atoms with Crippen LogP contribution in [0.3, 0.4) is 0 Å². The van der Waals surface area contributed by atoms with Gasteiger partial charge in [0.05, 0.1) is 20.1 Å². The van der Waals surface area contributed by atoms with Crippen molar-refractivity contribution in [2.45, 2.75) is 46.1 Å². The van der Waals surface area contributed by atoms with Gasteiger partial charge >= 0.3 is 0 Å². The molecule has 4 rings (SSSR count). The zero-order valence-electron chi connectivity index (χ0n) is 22.0. The lowest BCUT2D eigenvalue weighted by Crippen LogP contribution is -2.33. The monoisotopic (exact) mass is 506 g/mol.